The minimum absolute atomic E-state index is 0.341. The van der Waals surface area contributed by atoms with E-state index in [0.717, 1.165) is 5.56 Å². The van der Waals surface area contributed by atoms with Crippen LogP contribution in [0.2, 0.25) is 0 Å². The third-order valence-corrected chi connectivity index (χ3v) is 2.21. The number of benzene rings is 1. The zero-order valence-electron chi connectivity index (χ0n) is 8.65. The SMILES string of the molecule is COc1cccc2c1OC(OC(C)=O)C2. The van der Waals surface area contributed by atoms with Gasteiger partial charge in [0.1, 0.15) is 0 Å². The standard InChI is InChI=1S/C11H12O4/c1-7(12)14-10-6-8-4-3-5-9(13-2)11(8)15-10/h3-5,10H,6H2,1-2H3. The Labute approximate surface area is 87.8 Å². The lowest BCUT2D eigenvalue weighted by atomic mass is 10.1. The topological polar surface area (TPSA) is 44.8 Å². The highest BCUT2D eigenvalue weighted by atomic mass is 16.7. The molecule has 0 fully saturated rings. The van der Waals surface area contributed by atoms with Crippen molar-refractivity contribution >= 4 is 5.97 Å². The van der Waals surface area contributed by atoms with Crippen LogP contribution in [0.5, 0.6) is 11.5 Å². The van der Waals surface area contributed by atoms with Gasteiger partial charge in [-0.2, -0.15) is 0 Å². The largest absolute Gasteiger partial charge is 0.493 e. The number of esters is 1. The van der Waals surface area contributed by atoms with Crippen LogP contribution in [0, 0.1) is 0 Å². The molecule has 0 saturated carbocycles. The molecule has 15 heavy (non-hydrogen) atoms. The lowest BCUT2D eigenvalue weighted by Crippen LogP contribution is -2.20. The van der Waals surface area contributed by atoms with Crippen LogP contribution in [0.25, 0.3) is 0 Å². The highest BCUT2D eigenvalue weighted by Crippen LogP contribution is 2.37. The lowest BCUT2D eigenvalue weighted by molar-refractivity contribution is -0.158. The minimum atomic E-state index is -0.520. The fraction of sp³-hybridized carbons (Fsp3) is 0.364. The van der Waals surface area contributed by atoms with Crippen molar-refractivity contribution in [2.75, 3.05) is 7.11 Å². The van der Waals surface area contributed by atoms with Gasteiger partial charge in [-0.15, -0.1) is 0 Å². The highest BCUT2D eigenvalue weighted by molar-refractivity contribution is 5.66. The first-order valence-electron chi connectivity index (χ1n) is 4.70. The van der Waals surface area contributed by atoms with Gasteiger partial charge in [0.2, 0.25) is 6.29 Å². The second-order valence-electron chi connectivity index (χ2n) is 3.31. The predicted molar refractivity (Wildman–Crippen MR) is 52.9 cm³/mol. The molecule has 0 amide bonds. The van der Waals surface area contributed by atoms with E-state index in [4.69, 9.17) is 14.2 Å². The van der Waals surface area contributed by atoms with Crippen LogP contribution in [-0.2, 0) is 16.0 Å². The number of para-hydroxylation sites is 1. The van der Waals surface area contributed by atoms with Gasteiger partial charge in [-0.05, 0) is 6.07 Å². The molecule has 80 valence electrons. The van der Waals surface area contributed by atoms with E-state index in [1.54, 1.807) is 7.11 Å². The lowest BCUT2D eigenvalue weighted by Gasteiger charge is -2.11. The molecule has 0 saturated heterocycles. The zero-order valence-corrected chi connectivity index (χ0v) is 8.65. The molecule has 4 nitrogen and oxygen atoms in total. The Bertz CT molecular complexity index is 386. The molecule has 0 N–H and O–H groups in total. The van der Waals surface area contributed by atoms with Gasteiger partial charge in [0.15, 0.2) is 11.5 Å². The Morgan fingerprint density at radius 2 is 2.33 bits per heavy atom. The Morgan fingerprint density at radius 3 is 3.00 bits per heavy atom. The molecule has 1 atom stereocenters. The Balaban J connectivity index is 2.19. The smallest absolute Gasteiger partial charge is 0.305 e. The van der Waals surface area contributed by atoms with E-state index in [2.05, 4.69) is 0 Å². The number of carbonyl (C=O) groups is 1. The van der Waals surface area contributed by atoms with Crippen molar-refractivity contribution in [1.29, 1.82) is 0 Å². The predicted octanol–water partition coefficient (Wildman–Crippen LogP) is 1.52. The van der Waals surface area contributed by atoms with E-state index in [-0.39, 0.29) is 5.97 Å². The summed E-state index contributed by atoms with van der Waals surface area (Å²) < 4.78 is 15.6. The van der Waals surface area contributed by atoms with E-state index in [0.29, 0.717) is 17.9 Å². The molecule has 1 aromatic carbocycles. The number of hydrogen-bond donors (Lipinski definition) is 0. The van der Waals surface area contributed by atoms with Gasteiger partial charge in [-0.25, -0.2) is 0 Å². The monoisotopic (exact) mass is 208 g/mol. The fourth-order valence-electron chi connectivity index (χ4n) is 1.62. The molecule has 2 rings (SSSR count). The van der Waals surface area contributed by atoms with Crippen molar-refractivity contribution in [3.63, 3.8) is 0 Å². The van der Waals surface area contributed by atoms with Crippen LogP contribution in [0.3, 0.4) is 0 Å². The van der Waals surface area contributed by atoms with Crippen LogP contribution in [0.1, 0.15) is 12.5 Å². The van der Waals surface area contributed by atoms with E-state index in [9.17, 15) is 4.79 Å². The molecule has 0 spiro atoms. The van der Waals surface area contributed by atoms with Crippen LogP contribution in [0.15, 0.2) is 18.2 Å². The normalized spacial score (nSPS) is 17.9. The molecule has 1 aliphatic heterocycles. The quantitative estimate of drug-likeness (QED) is 0.691. The van der Waals surface area contributed by atoms with Crippen molar-refractivity contribution in [2.45, 2.75) is 19.6 Å². The summed E-state index contributed by atoms with van der Waals surface area (Å²) in [7, 11) is 1.58. The molecular formula is C11H12O4. The molecule has 1 aromatic rings. The third kappa shape index (κ3) is 1.88. The number of methoxy groups -OCH3 is 1. The summed E-state index contributed by atoms with van der Waals surface area (Å²) in [5.41, 5.74) is 1.00. The maximum absolute atomic E-state index is 10.8. The Hall–Kier alpha value is -1.71. The van der Waals surface area contributed by atoms with Crippen molar-refractivity contribution < 1.29 is 19.0 Å². The van der Waals surface area contributed by atoms with Crippen molar-refractivity contribution in [2.24, 2.45) is 0 Å². The molecule has 1 heterocycles. The van der Waals surface area contributed by atoms with Crippen LogP contribution in [0.4, 0.5) is 0 Å². The molecule has 0 aliphatic carbocycles. The second-order valence-corrected chi connectivity index (χ2v) is 3.31. The summed E-state index contributed by atoms with van der Waals surface area (Å²) in [4.78, 5) is 10.8. The maximum atomic E-state index is 10.8. The van der Waals surface area contributed by atoms with E-state index >= 15 is 0 Å². The molecule has 0 bridgehead atoms. The first-order chi connectivity index (χ1) is 7.20. The van der Waals surface area contributed by atoms with E-state index in [1.165, 1.54) is 6.92 Å². The van der Waals surface area contributed by atoms with E-state index in [1.807, 2.05) is 18.2 Å². The van der Waals surface area contributed by atoms with Crippen LogP contribution < -0.4 is 9.47 Å². The summed E-state index contributed by atoms with van der Waals surface area (Å²) in [6.45, 7) is 1.36. The van der Waals surface area contributed by atoms with Gasteiger partial charge in [0.05, 0.1) is 13.5 Å². The summed E-state index contributed by atoms with van der Waals surface area (Å²) >= 11 is 0. The molecule has 4 heteroatoms. The van der Waals surface area contributed by atoms with Crippen molar-refractivity contribution in [1.82, 2.24) is 0 Å². The van der Waals surface area contributed by atoms with Gasteiger partial charge >= 0.3 is 5.97 Å². The van der Waals surface area contributed by atoms with Crippen LogP contribution in [-0.4, -0.2) is 19.4 Å². The van der Waals surface area contributed by atoms with Crippen LogP contribution >= 0.6 is 0 Å². The average molecular weight is 208 g/mol. The molecule has 1 aliphatic rings. The Kier molecular flexibility index (Phi) is 2.49. The fourth-order valence-corrected chi connectivity index (χ4v) is 1.62. The molecule has 1 unspecified atom stereocenters. The number of ether oxygens (including phenoxy) is 3. The van der Waals surface area contributed by atoms with Gasteiger partial charge in [0.25, 0.3) is 0 Å². The molecular weight excluding hydrogens is 196 g/mol. The summed E-state index contributed by atoms with van der Waals surface area (Å²) in [6.07, 6.45) is 0.0559. The number of rotatable bonds is 2. The Morgan fingerprint density at radius 1 is 1.53 bits per heavy atom. The minimum Gasteiger partial charge on any atom is -0.493 e. The first kappa shape index (κ1) is 9.83. The average Bonchev–Trinajstić information content (AvgIpc) is 2.58. The van der Waals surface area contributed by atoms with E-state index < -0.39 is 6.29 Å². The number of fused-ring (bicyclic) bond motifs is 1. The number of carbonyl (C=O) groups excluding carboxylic acids is 1. The van der Waals surface area contributed by atoms with Gasteiger partial charge < -0.3 is 14.2 Å². The van der Waals surface area contributed by atoms with Gasteiger partial charge in [0, 0.05) is 12.5 Å². The van der Waals surface area contributed by atoms with Gasteiger partial charge in [-0.3, -0.25) is 4.79 Å². The zero-order chi connectivity index (χ0) is 10.8. The maximum Gasteiger partial charge on any atom is 0.305 e. The molecule has 0 aromatic heterocycles. The summed E-state index contributed by atoms with van der Waals surface area (Å²) in [5, 5.41) is 0. The summed E-state index contributed by atoms with van der Waals surface area (Å²) in [6, 6.07) is 5.63. The van der Waals surface area contributed by atoms with Crippen molar-refractivity contribution in [3.8, 4) is 11.5 Å². The number of hydrogen-bond acceptors (Lipinski definition) is 4. The van der Waals surface area contributed by atoms with Crippen molar-refractivity contribution in [3.05, 3.63) is 23.8 Å². The third-order valence-electron chi connectivity index (χ3n) is 2.21. The first-order valence-corrected chi connectivity index (χ1v) is 4.70. The van der Waals surface area contributed by atoms with Gasteiger partial charge in [-0.1, -0.05) is 12.1 Å². The second kappa shape index (κ2) is 3.81. The summed E-state index contributed by atoms with van der Waals surface area (Å²) in [5.74, 6) is 1.00. The highest BCUT2D eigenvalue weighted by Gasteiger charge is 2.27. The molecule has 0 radical (unpaired) electrons.